The highest BCUT2D eigenvalue weighted by atomic mass is 31.2. The summed E-state index contributed by atoms with van der Waals surface area (Å²) in [5, 5.41) is 9.45. The Balaban J connectivity index is 2.24. The van der Waals surface area contributed by atoms with Crippen molar-refractivity contribution in [2.45, 2.75) is 52.6 Å². The maximum atomic E-state index is 12.7. The summed E-state index contributed by atoms with van der Waals surface area (Å²) in [7, 11) is -3.73. The minimum atomic E-state index is -3.73. The SMILES string of the molecule is CCOP(=O)(OCC)OC1=CC(CC(=O)CC(C)O)C2C(=O)C=CCC2C1. The molecule has 2 aliphatic rings. The molecule has 7 nitrogen and oxygen atoms in total. The average Bonchev–Trinajstić information content (AvgIpc) is 2.53. The van der Waals surface area contributed by atoms with Gasteiger partial charge in [-0.05, 0) is 51.2 Å². The standard InChI is InChI=1S/C19H29O7P/c1-4-24-27(23,25-5-2)26-17-11-14-7-6-8-18(22)19(14)15(12-17)10-16(21)9-13(3)20/h6,8,12-15,19-20H,4-5,7,9-11H2,1-3H3. The molecule has 0 aromatic carbocycles. The first-order chi connectivity index (χ1) is 12.8. The Bertz CT molecular complexity index is 642. The second-order valence-electron chi connectivity index (χ2n) is 7.00. The van der Waals surface area contributed by atoms with Crippen molar-refractivity contribution in [1.82, 2.24) is 0 Å². The number of rotatable bonds is 10. The maximum absolute atomic E-state index is 12.7. The molecule has 152 valence electrons. The fraction of sp³-hybridized carbons (Fsp3) is 0.684. The molecule has 8 heteroatoms. The summed E-state index contributed by atoms with van der Waals surface area (Å²) in [6.45, 7) is 5.30. The van der Waals surface area contributed by atoms with Gasteiger partial charge in [0.05, 0.1) is 19.3 Å². The van der Waals surface area contributed by atoms with Crippen molar-refractivity contribution >= 4 is 19.4 Å². The van der Waals surface area contributed by atoms with Crippen LogP contribution in [0.4, 0.5) is 0 Å². The van der Waals surface area contributed by atoms with E-state index in [4.69, 9.17) is 13.6 Å². The van der Waals surface area contributed by atoms with E-state index in [1.165, 1.54) is 0 Å². The van der Waals surface area contributed by atoms with Crippen LogP contribution >= 0.6 is 7.82 Å². The second-order valence-corrected chi connectivity index (χ2v) is 8.59. The number of carbonyl (C=O) groups is 2. The zero-order valence-corrected chi connectivity index (χ0v) is 17.0. The largest absolute Gasteiger partial charge is 0.529 e. The second kappa shape index (κ2) is 9.78. The molecule has 2 rings (SSSR count). The number of hydrogen-bond acceptors (Lipinski definition) is 7. The van der Waals surface area contributed by atoms with Crippen LogP contribution in [0.15, 0.2) is 24.0 Å². The number of phosphoric ester groups is 1. The van der Waals surface area contributed by atoms with Gasteiger partial charge in [-0.3, -0.25) is 18.6 Å². The number of fused-ring (bicyclic) bond motifs is 1. The number of Topliss-reactive ketones (excluding diaryl/α,β-unsaturated/α-hetero) is 1. The summed E-state index contributed by atoms with van der Waals surface area (Å²) in [6, 6.07) is 0. The molecule has 0 aromatic rings. The molecule has 4 unspecified atom stereocenters. The first kappa shape index (κ1) is 22.0. The summed E-state index contributed by atoms with van der Waals surface area (Å²) in [5.41, 5.74) is 0. The summed E-state index contributed by atoms with van der Waals surface area (Å²) in [5.74, 6) is -0.387. The predicted octanol–water partition coefficient (Wildman–Crippen LogP) is 3.58. The third-order valence-electron chi connectivity index (χ3n) is 4.67. The first-order valence-electron chi connectivity index (χ1n) is 9.47. The highest BCUT2D eigenvalue weighted by Gasteiger charge is 2.41. The van der Waals surface area contributed by atoms with Gasteiger partial charge in [-0.1, -0.05) is 6.08 Å². The van der Waals surface area contributed by atoms with Crippen LogP contribution in [0, 0.1) is 17.8 Å². The van der Waals surface area contributed by atoms with Crippen LogP contribution in [0.2, 0.25) is 0 Å². The number of aliphatic hydroxyl groups excluding tert-OH is 1. The molecule has 0 bridgehead atoms. The summed E-state index contributed by atoms with van der Waals surface area (Å²) in [6.07, 6.45) is 5.67. The van der Waals surface area contributed by atoms with Gasteiger partial charge in [0.2, 0.25) is 0 Å². The molecule has 0 amide bonds. The lowest BCUT2D eigenvalue weighted by Gasteiger charge is -2.37. The van der Waals surface area contributed by atoms with Crippen molar-refractivity contribution in [3.05, 3.63) is 24.0 Å². The summed E-state index contributed by atoms with van der Waals surface area (Å²) in [4.78, 5) is 24.7. The predicted molar refractivity (Wildman–Crippen MR) is 99.8 cm³/mol. The molecule has 0 heterocycles. The third-order valence-corrected chi connectivity index (χ3v) is 6.28. The molecule has 0 fully saturated rings. The molecule has 2 aliphatic carbocycles. The van der Waals surface area contributed by atoms with Crippen molar-refractivity contribution in [1.29, 1.82) is 0 Å². The lowest BCUT2D eigenvalue weighted by Crippen LogP contribution is -2.36. The quantitative estimate of drug-likeness (QED) is 0.560. The zero-order valence-electron chi connectivity index (χ0n) is 16.1. The Morgan fingerprint density at radius 1 is 1.33 bits per heavy atom. The highest BCUT2D eigenvalue weighted by Crippen LogP contribution is 2.54. The van der Waals surface area contributed by atoms with Gasteiger partial charge < -0.3 is 9.63 Å². The van der Waals surface area contributed by atoms with Crippen molar-refractivity contribution < 1.29 is 32.8 Å². The fourth-order valence-electron chi connectivity index (χ4n) is 3.77. The van der Waals surface area contributed by atoms with Crippen molar-refractivity contribution in [3.63, 3.8) is 0 Å². The van der Waals surface area contributed by atoms with Crippen molar-refractivity contribution in [2.75, 3.05) is 13.2 Å². The van der Waals surface area contributed by atoms with E-state index in [9.17, 15) is 19.3 Å². The van der Waals surface area contributed by atoms with Crippen LogP contribution in [-0.4, -0.2) is 36.0 Å². The molecule has 0 saturated heterocycles. The van der Waals surface area contributed by atoms with Crippen LogP contribution in [0.5, 0.6) is 0 Å². The zero-order chi connectivity index (χ0) is 20.0. The van der Waals surface area contributed by atoms with E-state index in [0.717, 1.165) is 0 Å². The van der Waals surface area contributed by atoms with E-state index < -0.39 is 13.9 Å². The smallest absolute Gasteiger partial charge is 0.409 e. The minimum absolute atomic E-state index is 0.00537. The Morgan fingerprint density at radius 3 is 2.59 bits per heavy atom. The Hall–Kier alpha value is -1.27. The Kier molecular flexibility index (Phi) is 7.98. The van der Waals surface area contributed by atoms with Gasteiger partial charge >= 0.3 is 7.82 Å². The number of carbonyl (C=O) groups excluding carboxylic acids is 2. The summed E-state index contributed by atoms with van der Waals surface area (Å²) < 4.78 is 28.7. The van der Waals surface area contributed by atoms with Crippen molar-refractivity contribution in [3.8, 4) is 0 Å². The van der Waals surface area contributed by atoms with E-state index in [2.05, 4.69) is 0 Å². The van der Waals surface area contributed by atoms with E-state index in [1.807, 2.05) is 6.08 Å². The highest BCUT2D eigenvalue weighted by molar-refractivity contribution is 7.48. The molecule has 4 atom stereocenters. The van der Waals surface area contributed by atoms with Crippen LogP contribution in [-0.2, 0) is 27.7 Å². The van der Waals surface area contributed by atoms with E-state index in [1.54, 1.807) is 32.9 Å². The molecular weight excluding hydrogens is 371 g/mol. The normalized spacial score (nSPS) is 26.3. The lowest BCUT2D eigenvalue weighted by molar-refractivity contribution is -0.125. The molecule has 0 aromatic heterocycles. The number of allylic oxidation sites excluding steroid dienone is 4. The molecule has 0 radical (unpaired) electrons. The third kappa shape index (κ3) is 6.11. The van der Waals surface area contributed by atoms with Gasteiger partial charge in [0.25, 0.3) is 0 Å². The molecule has 27 heavy (non-hydrogen) atoms. The van der Waals surface area contributed by atoms with Crippen molar-refractivity contribution in [2.24, 2.45) is 17.8 Å². The van der Waals surface area contributed by atoms with Gasteiger partial charge in [0, 0.05) is 25.2 Å². The van der Waals surface area contributed by atoms with E-state index in [0.29, 0.717) is 18.6 Å². The Morgan fingerprint density at radius 2 is 2.00 bits per heavy atom. The summed E-state index contributed by atoms with van der Waals surface area (Å²) >= 11 is 0. The van der Waals surface area contributed by atoms with Gasteiger partial charge in [-0.15, -0.1) is 0 Å². The molecule has 0 spiro atoms. The molecule has 1 N–H and O–H groups in total. The van der Waals surface area contributed by atoms with E-state index in [-0.39, 0.29) is 55.4 Å². The Labute approximate surface area is 160 Å². The monoisotopic (exact) mass is 400 g/mol. The van der Waals surface area contributed by atoms with Crippen LogP contribution in [0.3, 0.4) is 0 Å². The lowest BCUT2D eigenvalue weighted by atomic mass is 9.68. The minimum Gasteiger partial charge on any atom is -0.409 e. The van der Waals surface area contributed by atoms with E-state index >= 15 is 0 Å². The number of phosphoric acid groups is 1. The maximum Gasteiger partial charge on any atom is 0.529 e. The number of aliphatic hydroxyl groups is 1. The van der Waals surface area contributed by atoms with Gasteiger partial charge in [-0.2, -0.15) is 0 Å². The van der Waals surface area contributed by atoms with Crippen LogP contribution in [0.25, 0.3) is 0 Å². The fourth-order valence-corrected chi connectivity index (χ4v) is 5.00. The number of ketones is 2. The van der Waals surface area contributed by atoms with Crippen LogP contribution in [0.1, 0.15) is 46.5 Å². The molecule has 0 saturated carbocycles. The van der Waals surface area contributed by atoms with Gasteiger partial charge in [0.1, 0.15) is 11.5 Å². The topological polar surface area (TPSA) is 99.1 Å². The average molecular weight is 400 g/mol. The van der Waals surface area contributed by atoms with Gasteiger partial charge in [0.15, 0.2) is 5.78 Å². The molecule has 0 aliphatic heterocycles. The first-order valence-corrected chi connectivity index (χ1v) is 10.9. The molecular formula is C19H29O7P. The number of hydrogen-bond donors (Lipinski definition) is 1. The van der Waals surface area contributed by atoms with Crippen LogP contribution < -0.4 is 0 Å². The van der Waals surface area contributed by atoms with Gasteiger partial charge in [-0.25, -0.2) is 4.57 Å².